The summed E-state index contributed by atoms with van der Waals surface area (Å²) >= 11 is 0. The Balaban J connectivity index is 0.00000324. The maximum atomic E-state index is 12.0. The Morgan fingerprint density at radius 1 is 1.21 bits per heavy atom. The molecule has 0 aromatic heterocycles. The summed E-state index contributed by atoms with van der Waals surface area (Å²) < 4.78 is 0. The Labute approximate surface area is 122 Å². The first kappa shape index (κ1) is 18.2. The molecule has 0 aromatic carbocycles. The minimum absolute atomic E-state index is 0. The van der Waals surface area contributed by atoms with E-state index < -0.39 is 0 Å². The first-order chi connectivity index (χ1) is 8.58. The second-order valence-electron chi connectivity index (χ2n) is 4.88. The zero-order valence-corrected chi connectivity index (χ0v) is 13.0. The van der Waals surface area contributed by atoms with Crippen LogP contribution in [0.25, 0.3) is 0 Å². The van der Waals surface area contributed by atoms with Gasteiger partial charge in [-0.3, -0.25) is 9.59 Å². The van der Waals surface area contributed by atoms with E-state index in [9.17, 15) is 9.59 Å². The average molecular weight is 292 g/mol. The van der Waals surface area contributed by atoms with Crippen molar-refractivity contribution in [1.82, 2.24) is 15.1 Å². The predicted molar refractivity (Wildman–Crippen MR) is 78.4 cm³/mol. The molecule has 112 valence electrons. The van der Waals surface area contributed by atoms with Gasteiger partial charge in [0.1, 0.15) is 0 Å². The number of halogens is 1. The molecule has 0 bridgehead atoms. The number of nitrogens with zero attached hydrogens (tertiary/aromatic N) is 2. The van der Waals surface area contributed by atoms with Crippen LogP contribution in [0.5, 0.6) is 0 Å². The van der Waals surface area contributed by atoms with Crippen molar-refractivity contribution in [2.75, 3.05) is 39.8 Å². The third-order valence-corrected chi connectivity index (χ3v) is 3.54. The fourth-order valence-electron chi connectivity index (χ4n) is 2.26. The molecule has 1 rings (SSSR count). The van der Waals surface area contributed by atoms with Gasteiger partial charge >= 0.3 is 0 Å². The van der Waals surface area contributed by atoms with Gasteiger partial charge in [-0.25, -0.2) is 0 Å². The average Bonchev–Trinajstić information content (AvgIpc) is 2.83. The SMILES string of the molecule is CCN(CC)C(=O)CN(C)C(=O)CC1CCNC1.Cl. The monoisotopic (exact) mass is 291 g/mol. The molecular weight excluding hydrogens is 266 g/mol. The minimum Gasteiger partial charge on any atom is -0.342 e. The fraction of sp³-hybridized carbons (Fsp3) is 0.846. The molecule has 0 spiro atoms. The second-order valence-corrected chi connectivity index (χ2v) is 4.88. The van der Waals surface area contributed by atoms with Gasteiger partial charge in [0.25, 0.3) is 0 Å². The van der Waals surface area contributed by atoms with Crippen LogP contribution >= 0.6 is 12.4 Å². The van der Waals surface area contributed by atoms with Gasteiger partial charge in [-0.05, 0) is 39.3 Å². The Morgan fingerprint density at radius 2 is 1.84 bits per heavy atom. The Kier molecular flexibility index (Phi) is 8.76. The van der Waals surface area contributed by atoms with Gasteiger partial charge in [0.05, 0.1) is 6.54 Å². The van der Waals surface area contributed by atoms with Crippen molar-refractivity contribution in [1.29, 1.82) is 0 Å². The predicted octanol–water partition coefficient (Wildman–Crippen LogP) is 0.735. The van der Waals surface area contributed by atoms with Crippen molar-refractivity contribution in [3.63, 3.8) is 0 Å². The van der Waals surface area contributed by atoms with Crippen molar-refractivity contribution in [2.45, 2.75) is 26.7 Å². The molecule has 5 nitrogen and oxygen atoms in total. The Morgan fingerprint density at radius 3 is 2.32 bits per heavy atom. The van der Waals surface area contributed by atoms with E-state index >= 15 is 0 Å². The lowest BCUT2D eigenvalue weighted by atomic mass is 10.0. The van der Waals surface area contributed by atoms with Crippen molar-refractivity contribution in [3.8, 4) is 0 Å². The van der Waals surface area contributed by atoms with E-state index in [-0.39, 0.29) is 30.8 Å². The molecule has 0 aliphatic carbocycles. The van der Waals surface area contributed by atoms with Gasteiger partial charge in [-0.15, -0.1) is 12.4 Å². The molecule has 1 heterocycles. The van der Waals surface area contributed by atoms with E-state index in [1.165, 1.54) is 0 Å². The first-order valence-corrected chi connectivity index (χ1v) is 6.80. The lowest BCUT2D eigenvalue weighted by molar-refractivity contribution is -0.139. The highest BCUT2D eigenvalue weighted by Gasteiger charge is 2.22. The van der Waals surface area contributed by atoms with Gasteiger partial charge in [-0.1, -0.05) is 0 Å². The van der Waals surface area contributed by atoms with E-state index in [2.05, 4.69) is 5.32 Å². The minimum atomic E-state index is 0. The molecule has 1 N–H and O–H groups in total. The van der Waals surface area contributed by atoms with Crippen LogP contribution in [-0.2, 0) is 9.59 Å². The first-order valence-electron chi connectivity index (χ1n) is 6.80. The van der Waals surface area contributed by atoms with Crippen molar-refractivity contribution >= 4 is 24.2 Å². The van der Waals surface area contributed by atoms with Gasteiger partial charge in [0.2, 0.25) is 11.8 Å². The van der Waals surface area contributed by atoms with Crippen LogP contribution in [-0.4, -0.2) is 61.4 Å². The van der Waals surface area contributed by atoms with E-state index in [1.54, 1.807) is 16.8 Å². The number of amides is 2. The van der Waals surface area contributed by atoms with E-state index in [0.29, 0.717) is 25.4 Å². The maximum Gasteiger partial charge on any atom is 0.242 e. The molecular formula is C13H26ClN3O2. The number of hydrogen-bond acceptors (Lipinski definition) is 3. The van der Waals surface area contributed by atoms with Crippen LogP contribution in [0.4, 0.5) is 0 Å². The standard InChI is InChI=1S/C13H25N3O2.ClH/c1-4-16(5-2)13(18)10-15(3)12(17)8-11-6-7-14-9-11;/h11,14H,4-10H2,1-3H3;1H. The van der Waals surface area contributed by atoms with Crippen molar-refractivity contribution in [2.24, 2.45) is 5.92 Å². The third kappa shape index (κ3) is 5.78. The van der Waals surface area contributed by atoms with Gasteiger partial charge in [-0.2, -0.15) is 0 Å². The third-order valence-electron chi connectivity index (χ3n) is 3.54. The number of likely N-dealkylation sites (N-methyl/N-ethyl adjacent to an activating group) is 2. The van der Waals surface area contributed by atoms with Crippen LogP contribution in [0.15, 0.2) is 0 Å². The molecule has 1 aliphatic heterocycles. The molecule has 6 heteroatoms. The van der Waals surface area contributed by atoms with Crippen molar-refractivity contribution in [3.05, 3.63) is 0 Å². The number of rotatable bonds is 6. The van der Waals surface area contributed by atoms with E-state index in [1.807, 2.05) is 13.8 Å². The summed E-state index contributed by atoms with van der Waals surface area (Å²) in [5, 5.41) is 3.25. The lowest BCUT2D eigenvalue weighted by Gasteiger charge is -2.23. The number of carbonyl (C=O) groups is 2. The Bertz CT molecular complexity index is 290. The van der Waals surface area contributed by atoms with Crippen LogP contribution in [0, 0.1) is 5.92 Å². The van der Waals surface area contributed by atoms with Crippen LogP contribution < -0.4 is 5.32 Å². The highest BCUT2D eigenvalue weighted by atomic mass is 35.5. The number of hydrogen-bond donors (Lipinski definition) is 1. The largest absolute Gasteiger partial charge is 0.342 e. The smallest absolute Gasteiger partial charge is 0.242 e. The zero-order valence-electron chi connectivity index (χ0n) is 12.1. The summed E-state index contributed by atoms with van der Waals surface area (Å²) in [6.45, 7) is 7.42. The summed E-state index contributed by atoms with van der Waals surface area (Å²) in [4.78, 5) is 27.1. The van der Waals surface area contributed by atoms with Crippen molar-refractivity contribution < 1.29 is 9.59 Å². The summed E-state index contributed by atoms with van der Waals surface area (Å²) in [6.07, 6.45) is 1.61. The summed E-state index contributed by atoms with van der Waals surface area (Å²) in [5.74, 6) is 0.535. The quantitative estimate of drug-likeness (QED) is 0.785. The highest BCUT2D eigenvalue weighted by molar-refractivity contribution is 5.85. The number of nitrogens with one attached hydrogen (secondary N) is 1. The number of carbonyl (C=O) groups excluding carboxylic acids is 2. The van der Waals surface area contributed by atoms with Gasteiger partial charge in [0.15, 0.2) is 0 Å². The maximum absolute atomic E-state index is 12.0. The summed E-state index contributed by atoms with van der Waals surface area (Å²) in [7, 11) is 1.71. The molecule has 0 aromatic rings. The van der Waals surface area contributed by atoms with Gasteiger partial charge < -0.3 is 15.1 Å². The summed E-state index contributed by atoms with van der Waals surface area (Å²) in [5.41, 5.74) is 0. The van der Waals surface area contributed by atoms with E-state index in [4.69, 9.17) is 0 Å². The topological polar surface area (TPSA) is 52.7 Å². The summed E-state index contributed by atoms with van der Waals surface area (Å²) in [6, 6.07) is 0. The fourth-order valence-corrected chi connectivity index (χ4v) is 2.26. The Hall–Kier alpha value is -0.810. The molecule has 1 aliphatic rings. The normalized spacial score (nSPS) is 17.7. The highest BCUT2D eigenvalue weighted by Crippen LogP contribution is 2.13. The second kappa shape index (κ2) is 9.15. The van der Waals surface area contributed by atoms with Gasteiger partial charge in [0, 0.05) is 26.6 Å². The molecule has 2 amide bonds. The molecule has 1 fully saturated rings. The molecule has 1 atom stereocenters. The molecule has 0 saturated carbocycles. The van der Waals surface area contributed by atoms with Crippen LogP contribution in [0.1, 0.15) is 26.7 Å². The zero-order chi connectivity index (χ0) is 13.5. The van der Waals surface area contributed by atoms with E-state index in [0.717, 1.165) is 19.5 Å². The molecule has 19 heavy (non-hydrogen) atoms. The molecule has 1 saturated heterocycles. The molecule has 0 radical (unpaired) electrons. The van der Waals surface area contributed by atoms with Crippen LogP contribution in [0.2, 0.25) is 0 Å². The van der Waals surface area contributed by atoms with Crippen LogP contribution in [0.3, 0.4) is 0 Å². The molecule has 1 unspecified atom stereocenters. The lowest BCUT2D eigenvalue weighted by Crippen LogP contribution is -2.41.